The largest absolute Gasteiger partial charge is 0.326 e. The number of aromatic nitrogens is 4. The van der Waals surface area contributed by atoms with Gasteiger partial charge in [-0.15, -0.1) is 5.10 Å². The lowest BCUT2D eigenvalue weighted by Gasteiger charge is -2.12. The van der Waals surface area contributed by atoms with Crippen LogP contribution in [-0.4, -0.2) is 39.2 Å². The molecule has 0 bridgehead atoms. The highest BCUT2D eigenvalue weighted by molar-refractivity contribution is 5.93. The molecule has 0 aliphatic carbocycles. The molecule has 20 heavy (non-hydrogen) atoms. The smallest absolute Gasteiger partial charge is 0.228 e. The molecule has 1 aliphatic heterocycles. The predicted molar refractivity (Wildman–Crippen MR) is 73.5 cm³/mol. The normalized spacial score (nSPS) is 18.1. The zero-order chi connectivity index (χ0) is 13.9. The second-order valence-electron chi connectivity index (χ2n) is 4.93. The fourth-order valence-corrected chi connectivity index (χ4v) is 2.33. The van der Waals surface area contributed by atoms with Gasteiger partial charge in [0.25, 0.3) is 0 Å². The lowest BCUT2D eigenvalue weighted by Crippen LogP contribution is -2.24. The summed E-state index contributed by atoms with van der Waals surface area (Å²) in [5.74, 6) is 0.106. The first-order valence-corrected chi connectivity index (χ1v) is 6.59. The maximum atomic E-state index is 12.1. The summed E-state index contributed by atoms with van der Waals surface area (Å²) in [6.07, 6.45) is 2.42. The number of benzene rings is 1. The third-order valence-electron chi connectivity index (χ3n) is 3.50. The van der Waals surface area contributed by atoms with Gasteiger partial charge in [0.05, 0.1) is 11.6 Å². The standard InChI is InChI=1S/C13H16N6O/c1-9-2-3-11(6-12(9)19-8-15-17-18-19)16-13(20)10-4-5-14-7-10/h2-3,6,8,10,14H,4-5,7H2,1H3,(H,16,20). The molecular formula is C13H16N6O. The second-order valence-corrected chi connectivity index (χ2v) is 4.93. The number of hydrogen-bond donors (Lipinski definition) is 2. The second kappa shape index (κ2) is 5.38. The van der Waals surface area contributed by atoms with Crippen molar-refractivity contribution in [3.63, 3.8) is 0 Å². The van der Waals surface area contributed by atoms with Crippen molar-refractivity contribution in [1.29, 1.82) is 0 Å². The van der Waals surface area contributed by atoms with Crippen LogP contribution in [0.3, 0.4) is 0 Å². The zero-order valence-corrected chi connectivity index (χ0v) is 11.2. The molecule has 1 aromatic carbocycles. The Balaban J connectivity index is 1.80. The Kier molecular flexibility index (Phi) is 3.42. The average Bonchev–Trinajstić information content (AvgIpc) is 3.14. The average molecular weight is 272 g/mol. The first-order chi connectivity index (χ1) is 9.74. The third-order valence-corrected chi connectivity index (χ3v) is 3.50. The number of rotatable bonds is 3. The number of carbonyl (C=O) groups is 1. The summed E-state index contributed by atoms with van der Waals surface area (Å²) in [5, 5.41) is 17.3. The van der Waals surface area contributed by atoms with E-state index in [-0.39, 0.29) is 11.8 Å². The Bertz CT molecular complexity index is 603. The van der Waals surface area contributed by atoms with Crippen LogP contribution in [0.25, 0.3) is 5.69 Å². The summed E-state index contributed by atoms with van der Waals surface area (Å²) in [4.78, 5) is 12.1. The van der Waals surface area contributed by atoms with Gasteiger partial charge in [-0.2, -0.15) is 0 Å². The van der Waals surface area contributed by atoms with Crippen LogP contribution in [0, 0.1) is 12.8 Å². The van der Waals surface area contributed by atoms with E-state index in [1.54, 1.807) is 4.68 Å². The summed E-state index contributed by atoms with van der Waals surface area (Å²) < 4.78 is 1.59. The monoisotopic (exact) mass is 272 g/mol. The molecule has 0 spiro atoms. The molecule has 7 nitrogen and oxygen atoms in total. The van der Waals surface area contributed by atoms with E-state index >= 15 is 0 Å². The van der Waals surface area contributed by atoms with Crippen molar-refractivity contribution < 1.29 is 4.79 Å². The molecule has 2 heterocycles. The number of nitrogens with one attached hydrogen (secondary N) is 2. The molecule has 7 heteroatoms. The van der Waals surface area contributed by atoms with Gasteiger partial charge in [-0.25, -0.2) is 4.68 Å². The van der Waals surface area contributed by atoms with E-state index in [9.17, 15) is 4.79 Å². The number of carbonyl (C=O) groups excluding carboxylic acids is 1. The van der Waals surface area contributed by atoms with Crippen LogP contribution in [0.4, 0.5) is 5.69 Å². The summed E-state index contributed by atoms with van der Waals surface area (Å²) in [6.45, 7) is 3.63. The molecule has 2 N–H and O–H groups in total. The highest BCUT2D eigenvalue weighted by Crippen LogP contribution is 2.19. The van der Waals surface area contributed by atoms with Gasteiger partial charge in [-0.3, -0.25) is 4.79 Å². The van der Waals surface area contributed by atoms with Crippen molar-refractivity contribution in [2.24, 2.45) is 5.92 Å². The van der Waals surface area contributed by atoms with Crippen LogP contribution in [0.1, 0.15) is 12.0 Å². The summed E-state index contributed by atoms with van der Waals surface area (Å²) >= 11 is 0. The molecule has 1 aliphatic rings. The van der Waals surface area contributed by atoms with Gasteiger partial charge >= 0.3 is 0 Å². The quantitative estimate of drug-likeness (QED) is 0.851. The Morgan fingerprint density at radius 2 is 2.40 bits per heavy atom. The van der Waals surface area contributed by atoms with E-state index in [1.807, 2.05) is 25.1 Å². The van der Waals surface area contributed by atoms with Crippen LogP contribution < -0.4 is 10.6 Å². The van der Waals surface area contributed by atoms with E-state index in [4.69, 9.17) is 0 Å². The molecule has 0 saturated carbocycles. The van der Waals surface area contributed by atoms with Crippen LogP contribution in [0.5, 0.6) is 0 Å². The first kappa shape index (κ1) is 12.7. The van der Waals surface area contributed by atoms with E-state index in [2.05, 4.69) is 26.2 Å². The van der Waals surface area contributed by atoms with E-state index in [1.165, 1.54) is 6.33 Å². The third kappa shape index (κ3) is 2.53. The SMILES string of the molecule is Cc1ccc(NC(=O)C2CCNC2)cc1-n1cnnn1. The maximum Gasteiger partial charge on any atom is 0.228 e. The maximum absolute atomic E-state index is 12.1. The topological polar surface area (TPSA) is 84.7 Å². The Morgan fingerprint density at radius 1 is 1.50 bits per heavy atom. The highest BCUT2D eigenvalue weighted by atomic mass is 16.1. The van der Waals surface area contributed by atoms with Crippen LogP contribution in [0.15, 0.2) is 24.5 Å². The number of hydrogen-bond acceptors (Lipinski definition) is 5. The first-order valence-electron chi connectivity index (χ1n) is 6.59. The van der Waals surface area contributed by atoms with E-state index < -0.39 is 0 Å². The van der Waals surface area contributed by atoms with Crippen LogP contribution in [-0.2, 0) is 4.79 Å². The Morgan fingerprint density at radius 3 is 3.10 bits per heavy atom. The van der Waals surface area contributed by atoms with Crippen molar-refractivity contribution in [3.8, 4) is 5.69 Å². The minimum absolute atomic E-state index is 0.0489. The van der Waals surface area contributed by atoms with Crippen molar-refractivity contribution in [2.75, 3.05) is 18.4 Å². The highest BCUT2D eigenvalue weighted by Gasteiger charge is 2.22. The molecule has 1 saturated heterocycles. The fourth-order valence-electron chi connectivity index (χ4n) is 2.33. The van der Waals surface area contributed by atoms with Gasteiger partial charge in [0.15, 0.2) is 0 Å². The molecule has 1 unspecified atom stereocenters. The molecule has 104 valence electrons. The molecule has 1 atom stereocenters. The van der Waals surface area contributed by atoms with E-state index in [0.717, 1.165) is 36.4 Å². The van der Waals surface area contributed by atoms with E-state index in [0.29, 0.717) is 0 Å². The number of amides is 1. The minimum atomic E-state index is 0.0489. The fraction of sp³-hybridized carbons (Fsp3) is 0.385. The number of aryl methyl sites for hydroxylation is 1. The molecule has 1 amide bonds. The Labute approximate surface area is 116 Å². The van der Waals surface area contributed by atoms with Gasteiger partial charge in [-0.05, 0) is 48.0 Å². The number of nitrogens with zero attached hydrogens (tertiary/aromatic N) is 4. The van der Waals surface area contributed by atoms with Gasteiger partial charge in [0, 0.05) is 12.2 Å². The van der Waals surface area contributed by atoms with Crippen molar-refractivity contribution in [3.05, 3.63) is 30.1 Å². The Hall–Kier alpha value is -2.28. The van der Waals surface area contributed by atoms with Gasteiger partial charge in [0.2, 0.25) is 5.91 Å². The molecule has 1 fully saturated rings. The van der Waals surface area contributed by atoms with Crippen molar-refractivity contribution in [1.82, 2.24) is 25.5 Å². The molecule has 2 aromatic rings. The number of tetrazole rings is 1. The van der Waals surface area contributed by atoms with Crippen LogP contribution in [0.2, 0.25) is 0 Å². The van der Waals surface area contributed by atoms with Gasteiger partial charge in [0.1, 0.15) is 6.33 Å². The number of anilines is 1. The molecule has 0 radical (unpaired) electrons. The van der Waals surface area contributed by atoms with Crippen molar-refractivity contribution in [2.45, 2.75) is 13.3 Å². The van der Waals surface area contributed by atoms with Crippen LogP contribution >= 0.6 is 0 Å². The summed E-state index contributed by atoms with van der Waals surface area (Å²) in [7, 11) is 0. The van der Waals surface area contributed by atoms with Gasteiger partial charge in [-0.1, -0.05) is 6.07 Å². The predicted octanol–water partition coefficient (Wildman–Crippen LogP) is 0.519. The summed E-state index contributed by atoms with van der Waals surface area (Å²) in [5.41, 5.74) is 2.66. The zero-order valence-electron chi connectivity index (χ0n) is 11.2. The summed E-state index contributed by atoms with van der Waals surface area (Å²) in [6, 6.07) is 5.72. The minimum Gasteiger partial charge on any atom is -0.326 e. The van der Waals surface area contributed by atoms with Gasteiger partial charge < -0.3 is 10.6 Å². The lowest BCUT2D eigenvalue weighted by atomic mass is 10.1. The van der Waals surface area contributed by atoms with Crippen molar-refractivity contribution >= 4 is 11.6 Å². The molecule has 1 aromatic heterocycles. The molecular weight excluding hydrogens is 256 g/mol. The molecule has 3 rings (SSSR count). The lowest BCUT2D eigenvalue weighted by molar-refractivity contribution is -0.119.